The summed E-state index contributed by atoms with van der Waals surface area (Å²) in [6.07, 6.45) is 1.97. The molecule has 3 fully saturated rings. The van der Waals surface area contributed by atoms with E-state index in [0.29, 0.717) is 37.0 Å². The molecule has 6 nitrogen and oxygen atoms in total. The van der Waals surface area contributed by atoms with Crippen LogP contribution in [0.5, 0.6) is 0 Å². The van der Waals surface area contributed by atoms with E-state index in [2.05, 4.69) is 12.1 Å². The minimum atomic E-state index is -1.02. The summed E-state index contributed by atoms with van der Waals surface area (Å²) in [6.45, 7) is 4.06. The zero-order chi connectivity index (χ0) is 21.3. The van der Waals surface area contributed by atoms with Gasteiger partial charge in [0.2, 0.25) is 0 Å². The SMILES string of the molecule is O=C(c1cccs1)N1CCO[C@]2(C1)C(=O)N(CC1CCOCC1)C[C@H]2c1ccccc1. The summed E-state index contributed by atoms with van der Waals surface area (Å²) in [5.74, 6) is 0.369. The third-order valence-electron chi connectivity index (χ3n) is 6.80. The van der Waals surface area contributed by atoms with Crippen molar-refractivity contribution in [3.63, 3.8) is 0 Å². The summed E-state index contributed by atoms with van der Waals surface area (Å²) in [6, 6.07) is 13.9. The second-order valence-electron chi connectivity index (χ2n) is 8.67. The molecule has 3 saturated heterocycles. The predicted octanol–water partition coefficient (Wildman–Crippen LogP) is 3.01. The quantitative estimate of drug-likeness (QED) is 0.733. The number of benzene rings is 1. The van der Waals surface area contributed by atoms with E-state index in [1.807, 2.05) is 40.6 Å². The number of ether oxygens (including phenoxy) is 2. The third kappa shape index (κ3) is 3.90. The number of thiophene rings is 1. The summed E-state index contributed by atoms with van der Waals surface area (Å²) < 4.78 is 11.8. The summed E-state index contributed by atoms with van der Waals surface area (Å²) in [5.41, 5.74) is 0.0771. The molecule has 1 spiro atoms. The number of hydrogen-bond acceptors (Lipinski definition) is 5. The molecular formula is C24H28N2O4S. The normalized spacial score (nSPS) is 27.2. The van der Waals surface area contributed by atoms with Gasteiger partial charge in [0, 0.05) is 38.8 Å². The maximum atomic E-state index is 13.8. The minimum Gasteiger partial charge on any atom is -0.381 e. The van der Waals surface area contributed by atoms with Gasteiger partial charge in [0.05, 0.1) is 18.0 Å². The Labute approximate surface area is 186 Å². The first kappa shape index (κ1) is 20.7. The topological polar surface area (TPSA) is 59.1 Å². The van der Waals surface area contributed by atoms with Crippen molar-refractivity contribution in [2.45, 2.75) is 24.4 Å². The zero-order valence-corrected chi connectivity index (χ0v) is 18.4. The second-order valence-corrected chi connectivity index (χ2v) is 9.62. The highest BCUT2D eigenvalue weighted by molar-refractivity contribution is 7.12. The van der Waals surface area contributed by atoms with E-state index in [1.165, 1.54) is 11.3 Å². The first-order chi connectivity index (χ1) is 15.2. The van der Waals surface area contributed by atoms with E-state index in [-0.39, 0.29) is 17.7 Å². The molecule has 4 heterocycles. The van der Waals surface area contributed by atoms with E-state index in [1.54, 1.807) is 4.90 Å². The summed E-state index contributed by atoms with van der Waals surface area (Å²) in [7, 11) is 0. The number of nitrogens with zero attached hydrogens (tertiary/aromatic N) is 2. The van der Waals surface area contributed by atoms with Gasteiger partial charge in [0.25, 0.3) is 11.8 Å². The van der Waals surface area contributed by atoms with Gasteiger partial charge in [-0.05, 0) is 35.8 Å². The van der Waals surface area contributed by atoms with Crippen molar-refractivity contribution in [2.24, 2.45) is 5.92 Å². The van der Waals surface area contributed by atoms with Crippen LogP contribution in [-0.4, -0.2) is 73.2 Å². The molecule has 0 bridgehead atoms. The average molecular weight is 441 g/mol. The standard InChI is InChI=1S/C24H28N2O4S/c27-22(21-7-4-14-31-21)25-10-13-30-24(17-25)20(19-5-2-1-3-6-19)16-26(23(24)28)15-18-8-11-29-12-9-18/h1-7,14,18,20H,8-13,15-17H2/t20-,24-/m0/s1. The Balaban J connectivity index is 1.44. The molecule has 2 atom stereocenters. The Kier molecular flexibility index (Phi) is 5.82. The molecule has 0 unspecified atom stereocenters. The van der Waals surface area contributed by atoms with Crippen LogP contribution in [0, 0.1) is 5.92 Å². The molecule has 0 aliphatic carbocycles. The number of likely N-dealkylation sites (tertiary alicyclic amines) is 1. The molecule has 164 valence electrons. The number of morpholine rings is 1. The molecule has 2 aromatic rings. The first-order valence-electron chi connectivity index (χ1n) is 11.1. The van der Waals surface area contributed by atoms with Crippen LogP contribution in [-0.2, 0) is 14.3 Å². The first-order valence-corrected chi connectivity index (χ1v) is 11.9. The lowest BCUT2D eigenvalue weighted by molar-refractivity contribution is -0.160. The van der Waals surface area contributed by atoms with Gasteiger partial charge in [-0.25, -0.2) is 0 Å². The van der Waals surface area contributed by atoms with Crippen LogP contribution in [0.25, 0.3) is 0 Å². The van der Waals surface area contributed by atoms with Crippen molar-refractivity contribution in [1.29, 1.82) is 0 Å². The number of amides is 2. The summed E-state index contributed by atoms with van der Waals surface area (Å²) in [5, 5.41) is 1.91. The van der Waals surface area contributed by atoms with Gasteiger partial charge in [-0.1, -0.05) is 36.4 Å². The molecule has 1 aromatic carbocycles. The van der Waals surface area contributed by atoms with Crippen LogP contribution in [0.15, 0.2) is 47.8 Å². The molecular weight excluding hydrogens is 412 g/mol. The maximum absolute atomic E-state index is 13.8. The van der Waals surface area contributed by atoms with E-state index in [0.717, 1.165) is 38.2 Å². The Morgan fingerprint density at radius 2 is 1.90 bits per heavy atom. The van der Waals surface area contributed by atoms with Crippen LogP contribution in [0.3, 0.4) is 0 Å². The maximum Gasteiger partial charge on any atom is 0.264 e. The van der Waals surface area contributed by atoms with Crippen molar-refractivity contribution in [3.8, 4) is 0 Å². The zero-order valence-electron chi connectivity index (χ0n) is 17.6. The summed E-state index contributed by atoms with van der Waals surface area (Å²) in [4.78, 5) is 31.4. The van der Waals surface area contributed by atoms with Crippen molar-refractivity contribution in [3.05, 3.63) is 58.3 Å². The fourth-order valence-corrected chi connectivity index (χ4v) is 5.83. The van der Waals surface area contributed by atoms with E-state index in [4.69, 9.17) is 9.47 Å². The number of rotatable bonds is 4. The Morgan fingerprint density at radius 1 is 1.10 bits per heavy atom. The fourth-order valence-electron chi connectivity index (χ4n) is 5.14. The van der Waals surface area contributed by atoms with Crippen LogP contribution >= 0.6 is 11.3 Å². The molecule has 31 heavy (non-hydrogen) atoms. The van der Waals surface area contributed by atoms with Gasteiger partial charge in [-0.2, -0.15) is 0 Å². The molecule has 0 N–H and O–H groups in total. The lowest BCUT2D eigenvalue weighted by Gasteiger charge is -2.42. The van der Waals surface area contributed by atoms with Crippen LogP contribution in [0.1, 0.15) is 34.0 Å². The van der Waals surface area contributed by atoms with Crippen molar-refractivity contribution in [1.82, 2.24) is 9.80 Å². The molecule has 1 aromatic heterocycles. The molecule has 2 amide bonds. The van der Waals surface area contributed by atoms with Crippen molar-refractivity contribution >= 4 is 23.2 Å². The summed E-state index contributed by atoms with van der Waals surface area (Å²) >= 11 is 1.44. The average Bonchev–Trinajstić information content (AvgIpc) is 3.44. The Bertz CT molecular complexity index is 913. The van der Waals surface area contributed by atoms with Gasteiger partial charge in [0.15, 0.2) is 5.60 Å². The van der Waals surface area contributed by atoms with E-state index < -0.39 is 5.60 Å². The molecule has 3 aliphatic heterocycles. The highest BCUT2D eigenvalue weighted by atomic mass is 32.1. The van der Waals surface area contributed by atoms with Gasteiger partial charge < -0.3 is 19.3 Å². The van der Waals surface area contributed by atoms with E-state index >= 15 is 0 Å². The fraction of sp³-hybridized carbons (Fsp3) is 0.500. The molecule has 0 radical (unpaired) electrons. The predicted molar refractivity (Wildman–Crippen MR) is 118 cm³/mol. The molecule has 3 aliphatic rings. The number of hydrogen-bond donors (Lipinski definition) is 0. The van der Waals surface area contributed by atoms with Crippen LogP contribution < -0.4 is 0 Å². The Hall–Kier alpha value is -2.22. The highest BCUT2D eigenvalue weighted by Crippen LogP contribution is 2.43. The van der Waals surface area contributed by atoms with Gasteiger partial charge in [0.1, 0.15) is 0 Å². The van der Waals surface area contributed by atoms with Crippen LogP contribution in [0.4, 0.5) is 0 Å². The largest absolute Gasteiger partial charge is 0.381 e. The molecule has 7 heteroatoms. The monoisotopic (exact) mass is 440 g/mol. The van der Waals surface area contributed by atoms with Crippen molar-refractivity contribution in [2.75, 3.05) is 46.0 Å². The van der Waals surface area contributed by atoms with Gasteiger partial charge in [-0.15, -0.1) is 11.3 Å². The van der Waals surface area contributed by atoms with Crippen molar-refractivity contribution < 1.29 is 19.1 Å². The Morgan fingerprint density at radius 3 is 2.65 bits per heavy atom. The molecule has 0 saturated carbocycles. The van der Waals surface area contributed by atoms with Gasteiger partial charge >= 0.3 is 0 Å². The highest BCUT2D eigenvalue weighted by Gasteiger charge is 2.58. The lowest BCUT2D eigenvalue weighted by Crippen LogP contribution is -2.59. The van der Waals surface area contributed by atoms with E-state index in [9.17, 15) is 9.59 Å². The number of carbonyl (C=O) groups is 2. The third-order valence-corrected chi connectivity index (χ3v) is 7.66. The lowest BCUT2D eigenvalue weighted by atomic mass is 9.83. The smallest absolute Gasteiger partial charge is 0.264 e. The van der Waals surface area contributed by atoms with Gasteiger partial charge in [-0.3, -0.25) is 9.59 Å². The minimum absolute atomic E-state index is 0.0137. The second kappa shape index (κ2) is 8.73. The number of carbonyl (C=O) groups excluding carboxylic acids is 2. The molecule has 5 rings (SSSR count). The van der Waals surface area contributed by atoms with Crippen LogP contribution in [0.2, 0.25) is 0 Å².